The van der Waals surface area contributed by atoms with E-state index in [4.69, 9.17) is 4.74 Å². The first-order valence-corrected chi connectivity index (χ1v) is 8.43. The van der Waals surface area contributed by atoms with Crippen LogP contribution in [-0.2, 0) is 17.8 Å². The van der Waals surface area contributed by atoms with Gasteiger partial charge in [-0.15, -0.1) is 0 Å². The molecule has 7 heteroatoms. The fourth-order valence-corrected chi connectivity index (χ4v) is 2.38. The van der Waals surface area contributed by atoms with Gasteiger partial charge in [0.1, 0.15) is 5.69 Å². The molecule has 0 aliphatic carbocycles. The maximum absolute atomic E-state index is 12.6. The summed E-state index contributed by atoms with van der Waals surface area (Å²) in [6.45, 7) is 7.53. The molecular weight excluding hydrogens is 320 g/mol. The number of carbonyl (C=O) groups excluding carboxylic acids is 2. The minimum absolute atomic E-state index is 0.139. The Morgan fingerprint density at radius 2 is 1.92 bits per heavy atom. The zero-order valence-corrected chi connectivity index (χ0v) is 14.9. The second-order valence-corrected chi connectivity index (χ2v) is 5.39. The number of nitrogens with one attached hydrogen (secondary N) is 1. The van der Waals surface area contributed by atoms with Gasteiger partial charge in [-0.3, -0.25) is 14.9 Å². The first-order chi connectivity index (χ1) is 12.1. The Balaban J connectivity index is 2.11. The standard InChI is InChI=1S/C18H24N4O3/c1-4-21(13-14-10-8-7-9-11-14)20-17(23)16-12-15(18(24)25-6-3)19-22(16)5-2/h7-12H,4-6,13H2,1-3H3,(H,20,23). The van der Waals surface area contributed by atoms with E-state index in [1.807, 2.05) is 49.2 Å². The predicted octanol–water partition coefficient (Wildman–Crippen LogP) is 2.25. The summed E-state index contributed by atoms with van der Waals surface area (Å²) in [4.78, 5) is 24.4. The van der Waals surface area contributed by atoms with Crippen LogP contribution in [-0.4, -0.2) is 39.8 Å². The van der Waals surface area contributed by atoms with Crippen molar-refractivity contribution in [2.75, 3.05) is 13.2 Å². The van der Waals surface area contributed by atoms with E-state index in [1.165, 1.54) is 10.7 Å². The number of nitrogens with zero attached hydrogens (tertiary/aromatic N) is 3. The van der Waals surface area contributed by atoms with Gasteiger partial charge in [-0.25, -0.2) is 9.80 Å². The van der Waals surface area contributed by atoms with Gasteiger partial charge < -0.3 is 4.74 Å². The number of amides is 1. The molecule has 1 aromatic carbocycles. The van der Waals surface area contributed by atoms with Gasteiger partial charge in [0.25, 0.3) is 5.91 Å². The maximum atomic E-state index is 12.6. The highest BCUT2D eigenvalue weighted by molar-refractivity contribution is 5.95. The molecule has 0 aliphatic heterocycles. The second-order valence-electron chi connectivity index (χ2n) is 5.39. The van der Waals surface area contributed by atoms with E-state index in [0.717, 1.165) is 5.56 Å². The smallest absolute Gasteiger partial charge is 0.358 e. The highest BCUT2D eigenvalue weighted by Crippen LogP contribution is 2.08. The Morgan fingerprint density at radius 3 is 2.52 bits per heavy atom. The number of hydrazine groups is 1. The van der Waals surface area contributed by atoms with E-state index in [0.29, 0.717) is 25.3 Å². The normalized spacial score (nSPS) is 10.7. The molecular formula is C18H24N4O3. The van der Waals surface area contributed by atoms with Crippen LogP contribution in [0.3, 0.4) is 0 Å². The molecule has 0 saturated heterocycles. The summed E-state index contributed by atoms with van der Waals surface area (Å²) in [5.74, 6) is -0.830. The SMILES string of the molecule is CCOC(=O)c1cc(C(=O)NN(CC)Cc2ccccc2)n(CC)n1. The molecule has 25 heavy (non-hydrogen) atoms. The van der Waals surface area contributed by atoms with Crippen LogP contribution >= 0.6 is 0 Å². The van der Waals surface area contributed by atoms with Crippen LogP contribution in [0.15, 0.2) is 36.4 Å². The third kappa shape index (κ3) is 4.90. The number of ether oxygens (including phenoxy) is 1. The molecule has 1 amide bonds. The molecule has 0 unspecified atom stereocenters. The molecule has 2 aromatic rings. The lowest BCUT2D eigenvalue weighted by Gasteiger charge is -2.21. The maximum Gasteiger partial charge on any atom is 0.358 e. The monoisotopic (exact) mass is 344 g/mol. The first-order valence-electron chi connectivity index (χ1n) is 8.43. The van der Waals surface area contributed by atoms with Gasteiger partial charge in [-0.05, 0) is 19.4 Å². The van der Waals surface area contributed by atoms with Gasteiger partial charge in [0.2, 0.25) is 0 Å². The van der Waals surface area contributed by atoms with Crippen LogP contribution < -0.4 is 5.43 Å². The van der Waals surface area contributed by atoms with Crippen molar-refractivity contribution in [1.29, 1.82) is 0 Å². The topological polar surface area (TPSA) is 76.5 Å². The molecule has 0 saturated carbocycles. The van der Waals surface area contributed by atoms with Crippen LogP contribution in [0.1, 0.15) is 47.3 Å². The molecule has 0 aliphatic rings. The van der Waals surface area contributed by atoms with Gasteiger partial charge in [0.05, 0.1) is 6.61 Å². The lowest BCUT2D eigenvalue weighted by molar-refractivity contribution is 0.0518. The largest absolute Gasteiger partial charge is 0.461 e. The Kier molecular flexibility index (Phi) is 6.71. The molecule has 1 heterocycles. The van der Waals surface area contributed by atoms with Crippen molar-refractivity contribution in [3.63, 3.8) is 0 Å². The average Bonchev–Trinajstić information content (AvgIpc) is 3.07. The molecule has 134 valence electrons. The summed E-state index contributed by atoms with van der Waals surface area (Å²) in [6, 6.07) is 11.3. The molecule has 1 aromatic heterocycles. The lowest BCUT2D eigenvalue weighted by atomic mass is 10.2. The van der Waals surface area contributed by atoms with Crippen molar-refractivity contribution in [2.24, 2.45) is 0 Å². The van der Waals surface area contributed by atoms with Crippen molar-refractivity contribution < 1.29 is 14.3 Å². The Labute approximate surface area is 147 Å². The van der Waals surface area contributed by atoms with E-state index < -0.39 is 5.97 Å². The van der Waals surface area contributed by atoms with Crippen LogP contribution in [0.2, 0.25) is 0 Å². The molecule has 0 atom stereocenters. The summed E-state index contributed by atoms with van der Waals surface area (Å²) in [6.07, 6.45) is 0. The first kappa shape index (κ1) is 18.7. The van der Waals surface area contributed by atoms with E-state index in [9.17, 15) is 9.59 Å². The molecule has 2 rings (SSSR count). The molecule has 0 spiro atoms. The summed E-state index contributed by atoms with van der Waals surface area (Å²) in [5.41, 5.74) is 4.44. The van der Waals surface area contributed by atoms with Gasteiger partial charge in [-0.1, -0.05) is 37.3 Å². The van der Waals surface area contributed by atoms with Crippen molar-refractivity contribution >= 4 is 11.9 Å². The average molecular weight is 344 g/mol. The summed E-state index contributed by atoms with van der Waals surface area (Å²) in [5, 5.41) is 5.96. The van der Waals surface area contributed by atoms with Gasteiger partial charge in [-0.2, -0.15) is 5.10 Å². The summed E-state index contributed by atoms with van der Waals surface area (Å²) >= 11 is 0. The zero-order valence-electron chi connectivity index (χ0n) is 14.9. The predicted molar refractivity (Wildman–Crippen MR) is 93.8 cm³/mol. The Morgan fingerprint density at radius 1 is 1.20 bits per heavy atom. The van der Waals surface area contributed by atoms with Crippen molar-refractivity contribution in [3.05, 3.63) is 53.3 Å². The van der Waals surface area contributed by atoms with Crippen LogP contribution in [0.4, 0.5) is 0 Å². The van der Waals surface area contributed by atoms with E-state index in [1.54, 1.807) is 6.92 Å². The van der Waals surface area contributed by atoms with E-state index in [2.05, 4.69) is 10.5 Å². The van der Waals surface area contributed by atoms with Crippen molar-refractivity contribution in [3.8, 4) is 0 Å². The van der Waals surface area contributed by atoms with Crippen LogP contribution in [0.5, 0.6) is 0 Å². The number of hydrogen-bond donors (Lipinski definition) is 1. The van der Waals surface area contributed by atoms with E-state index >= 15 is 0 Å². The number of rotatable bonds is 8. The van der Waals surface area contributed by atoms with Gasteiger partial charge in [0.15, 0.2) is 5.69 Å². The zero-order chi connectivity index (χ0) is 18.2. The van der Waals surface area contributed by atoms with Gasteiger partial charge >= 0.3 is 5.97 Å². The number of benzene rings is 1. The van der Waals surface area contributed by atoms with E-state index in [-0.39, 0.29) is 18.2 Å². The fraction of sp³-hybridized carbons (Fsp3) is 0.389. The van der Waals surface area contributed by atoms with Crippen LogP contribution in [0, 0.1) is 0 Å². The molecule has 0 bridgehead atoms. The van der Waals surface area contributed by atoms with Gasteiger partial charge in [0, 0.05) is 25.7 Å². The quantitative estimate of drug-likeness (QED) is 0.587. The summed E-state index contributed by atoms with van der Waals surface area (Å²) < 4.78 is 6.44. The highest BCUT2D eigenvalue weighted by Gasteiger charge is 2.20. The third-order valence-corrected chi connectivity index (χ3v) is 3.65. The lowest BCUT2D eigenvalue weighted by Crippen LogP contribution is -2.42. The summed E-state index contributed by atoms with van der Waals surface area (Å²) in [7, 11) is 0. The number of aromatic nitrogens is 2. The second kappa shape index (κ2) is 8.98. The fourth-order valence-electron chi connectivity index (χ4n) is 2.38. The molecule has 1 N–H and O–H groups in total. The Hall–Kier alpha value is -2.67. The number of carbonyl (C=O) groups is 2. The minimum Gasteiger partial charge on any atom is -0.461 e. The number of aryl methyl sites for hydroxylation is 1. The molecule has 0 radical (unpaired) electrons. The number of esters is 1. The van der Waals surface area contributed by atoms with Crippen LogP contribution in [0.25, 0.3) is 0 Å². The Bertz CT molecular complexity index is 712. The molecule has 7 nitrogen and oxygen atoms in total. The van der Waals surface area contributed by atoms with Crippen molar-refractivity contribution in [2.45, 2.75) is 33.9 Å². The third-order valence-electron chi connectivity index (χ3n) is 3.65. The minimum atomic E-state index is -0.527. The van der Waals surface area contributed by atoms with Crippen molar-refractivity contribution in [1.82, 2.24) is 20.2 Å². The number of hydrogen-bond acceptors (Lipinski definition) is 5. The molecule has 0 fully saturated rings. The highest BCUT2D eigenvalue weighted by atomic mass is 16.5.